The highest BCUT2D eigenvalue weighted by molar-refractivity contribution is 6.46. The first kappa shape index (κ1) is 12.1. The van der Waals surface area contributed by atoms with Gasteiger partial charge in [0.2, 0.25) is 0 Å². The average molecular weight is 191 g/mol. The summed E-state index contributed by atoms with van der Waals surface area (Å²) < 4.78 is 10.6. The Morgan fingerprint density at radius 2 is 1.92 bits per heavy atom. The summed E-state index contributed by atoms with van der Waals surface area (Å²) in [4.78, 5) is 0. The van der Waals surface area contributed by atoms with E-state index in [2.05, 4.69) is 6.92 Å². The van der Waals surface area contributed by atoms with Gasteiger partial charge in [-0.1, -0.05) is 19.8 Å². The van der Waals surface area contributed by atoms with Gasteiger partial charge >= 0.3 is 9.28 Å². The maximum absolute atomic E-state index is 5.64. The Labute approximate surface area is 77.1 Å². The molecule has 74 valence electrons. The Kier molecular flexibility index (Phi) is 7.79. The SMILES string of the molecule is CCCCC(CN)[SiH](OC)OC. The lowest BCUT2D eigenvalue weighted by molar-refractivity contribution is 0.262. The van der Waals surface area contributed by atoms with E-state index in [4.69, 9.17) is 14.6 Å². The minimum Gasteiger partial charge on any atom is -0.400 e. The van der Waals surface area contributed by atoms with Crippen LogP contribution in [0.5, 0.6) is 0 Å². The molecule has 0 bridgehead atoms. The van der Waals surface area contributed by atoms with Gasteiger partial charge in [-0.15, -0.1) is 0 Å². The molecular weight excluding hydrogens is 170 g/mol. The van der Waals surface area contributed by atoms with Crippen molar-refractivity contribution in [3.63, 3.8) is 0 Å². The number of unbranched alkanes of at least 4 members (excludes halogenated alkanes) is 1. The third kappa shape index (κ3) is 4.20. The summed E-state index contributed by atoms with van der Waals surface area (Å²) in [7, 11) is 1.97. The molecule has 0 aliphatic rings. The lowest BCUT2D eigenvalue weighted by Gasteiger charge is -2.20. The number of hydrogen-bond donors (Lipinski definition) is 1. The largest absolute Gasteiger partial charge is 0.400 e. The molecule has 2 N–H and O–H groups in total. The van der Waals surface area contributed by atoms with E-state index in [1.54, 1.807) is 14.2 Å². The zero-order valence-corrected chi connectivity index (χ0v) is 9.53. The van der Waals surface area contributed by atoms with Crippen LogP contribution in [0, 0.1) is 0 Å². The fourth-order valence-electron chi connectivity index (χ4n) is 1.31. The van der Waals surface area contributed by atoms with E-state index in [9.17, 15) is 0 Å². The van der Waals surface area contributed by atoms with Crippen LogP contribution in [-0.2, 0) is 8.85 Å². The van der Waals surface area contributed by atoms with E-state index in [1.165, 1.54) is 12.8 Å². The molecule has 0 saturated carbocycles. The van der Waals surface area contributed by atoms with Crippen molar-refractivity contribution in [2.24, 2.45) is 5.73 Å². The van der Waals surface area contributed by atoms with E-state index < -0.39 is 9.28 Å². The van der Waals surface area contributed by atoms with Crippen LogP contribution in [-0.4, -0.2) is 30.0 Å². The first-order chi connectivity index (χ1) is 5.79. The molecule has 1 unspecified atom stereocenters. The zero-order chi connectivity index (χ0) is 9.40. The Balaban J connectivity index is 3.75. The first-order valence-corrected chi connectivity index (χ1v) is 6.16. The minimum atomic E-state index is -1.46. The quantitative estimate of drug-likeness (QED) is 0.611. The van der Waals surface area contributed by atoms with Gasteiger partial charge in [-0.3, -0.25) is 0 Å². The van der Waals surface area contributed by atoms with Crippen LogP contribution < -0.4 is 5.73 Å². The third-order valence-electron chi connectivity index (χ3n) is 2.08. The highest BCUT2D eigenvalue weighted by atomic mass is 28.3. The highest BCUT2D eigenvalue weighted by Gasteiger charge is 2.21. The summed E-state index contributed by atoms with van der Waals surface area (Å²) in [5, 5.41) is 0. The molecule has 0 aliphatic heterocycles. The monoisotopic (exact) mass is 191 g/mol. The predicted octanol–water partition coefficient (Wildman–Crippen LogP) is 1.02. The van der Waals surface area contributed by atoms with E-state index in [-0.39, 0.29) is 0 Å². The molecule has 0 aromatic heterocycles. The van der Waals surface area contributed by atoms with Gasteiger partial charge < -0.3 is 14.6 Å². The Bertz CT molecular complexity index is 99.1. The van der Waals surface area contributed by atoms with Crippen molar-refractivity contribution in [1.29, 1.82) is 0 Å². The van der Waals surface area contributed by atoms with E-state index in [1.807, 2.05) is 0 Å². The third-order valence-corrected chi connectivity index (χ3v) is 4.39. The molecule has 0 fully saturated rings. The molecule has 0 amide bonds. The van der Waals surface area contributed by atoms with Crippen molar-refractivity contribution in [2.45, 2.75) is 31.7 Å². The van der Waals surface area contributed by atoms with Crippen LogP contribution in [0.2, 0.25) is 5.54 Å². The number of hydrogen-bond acceptors (Lipinski definition) is 3. The Morgan fingerprint density at radius 1 is 1.33 bits per heavy atom. The molecule has 0 heterocycles. The van der Waals surface area contributed by atoms with Gasteiger partial charge in [0, 0.05) is 19.8 Å². The maximum atomic E-state index is 5.64. The molecule has 0 aliphatic carbocycles. The van der Waals surface area contributed by atoms with Crippen LogP contribution in [0.15, 0.2) is 0 Å². The summed E-state index contributed by atoms with van der Waals surface area (Å²) in [6.07, 6.45) is 3.58. The first-order valence-electron chi connectivity index (χ1n) is 4.55. The summed E-state index contributed by atoms with van der Waals surface area (Å²) in [5.74, 6) is 0. The molecule has 0 radical (unpaired) electrons. The van der Waals surface area contributed by atoms with Crippen molar-refractivity contribution < 1.29 is 8.85 Å². The summed E-state index contributed by atoms with van der Waals surface area (Å²) >= 11 is 0. The zero-order valence-electron chi connectivity index (χ0n) is 8.38. The topological polar surface area (TPSA) is 44.5 Å². The van der Waals surface area contributed by atoms with Crippen molar-refractivity contribution in [3.05, 3.63) is 0 Å². The molecule has 1 atom stereocenters. The van der Waals surface area contributed by atoms with Gasteiger partial charge in [0.1, 0.15) is 0 Å². The second-order valence-electron chi connectivity index (χ2n) is 2.98. The van der Waals surface area contributed by atoms with Crippen molar-refractivity contribution in [1.82, 2.24) is 0 Å². The fourth-order valence-corrected chi connectivity index (χ4v) is 3.00. The van der Waals surface area contributed by atoms with Crippen LogP contribution in [0.3, 0.4) is 0 Å². The summed E-state index contributed by atoms with van der Waals surface area (Å²) in [6.45, 7) is 2.88. The van der Waals surface area contributed by atoms with Crippen molar-refractivity contribution in [2.75, 3.05) is 20.8 Å². The van der Waals surface area contributed by atoms with E-state index in [0.29, 0.717) is 12.1 Å². The number of nitrogens with two attached hydrogens (primary N) is 1. The molecule has 12 heavy (non-hydrogen) atoms. The summed E-state index contributed by atoms with van der Waals surface area (Å²) in [5.41, 5.74) is 6.11. The second kappa shape index (κ2) is 7.73. The Hall–Kier alpha value is 0.0969. The van der Waals surface area contributed by atoms with Crippen LogP contribution in [0.1, 0.15) is 26.2 Å². The molecule has 0 rings (SSSR count). The average Bonchev–Trinajstić information content (AvgIpc) is 2.12. The predicted molar refractivity (Wildman–Crippen MR) is 53.5 cm³/mol. The van der Waals surface area contributed by atoms with Crippen LogP contribution >= 0.6 is 0 Å². The molecule has 4 heteroatoms. The lowest BCUT2D eigenvalue weighted by atomic mass is 10.2. The molecule has 0 saturated heterocycles. The van der Waals surface area contributed by atoms with Gasteiger partial charge in [-0.2, -0.15) is 0 Å². The summed E-state index contributed by atoms with van der Waals surface area (Å²) in [6, 6.07) is 0. The van der Waals surface area contributed by atoms with Crippen molar-refractivity contribution in [3.8, 4) is 0 Å². The minimum absolute atomic E-state index is 0.472. The normalized spacial score (nSPS) is 13.8. The number of rotatable bonds is 7. The smallest absolute Gasteiger partial charge is 0.325 e. The van der Waals surface area contributed by atoms with E-state index >= 15 is 0 Å². The molecule has 0 aromatic rings. The van der Waals surface area contributed by atoms with Crippen LogP contribution in [0.4, 0.5) is 0 Å². The van der Waals surface area contributed by atoms with E-state index in [0.717, 1.165) is 6.42 Å². The van der Waals surface area contributed by atoms with Gasteiger partial charge in [-0.05, 0) is 13.0 Å². The second-order valence-corrected chi connectivity index (χ2v) is 5.60. The molecule has 3 nitrogen and oxygen atoms in total. The lowest BCUT2D eigenvalue weighted by Crippen LogP contribution is -2.31. The fraction of sp³-hybridized carbons (Fsp3) is 1.00. The van der Waals surface area contributed by atoms with Crippen molar-refractivity contribution >= 4 is 9.28 Å². The molecular formula is C8H21NO2Si. The van der Waals surface area contributed by atoms with Gasteiger partial charge in [0.05, 0.1) is 0 Å². The standard InChI is InChI=1S/C8H21NO2Si/c1-4-5-6-8(7-9)12(10-2)11-3/h8,12H,4-7,9H2,1-3H3. The van der Waals surface area contributed by atoms with Gasteiger partial charge in [0.25, 0.3) is 0 Å². The van der Waals surface area contributed by atoms with Crippen LogP contribution in [0.25, 0.3) is 0 Å². The maximum Gasteiger partial charge on any atom is 0.325 e. The van der Waals surface area contributed by atoms with Gasteiger partial charge in [0.15, 0.2) is 0 Å². The van der Waals surface area contributed by atoms with Gasteiger partial charge in [-0.25, -0.2) is 0 Å². The molecule has 0 spiro atoms. The molecule has 0 aromatic carbocycles. The Morgan fingerprint density at radius 3 is 2.25 bits per heavy atom. The highest BCUT2D eigenvalue weighted by Crippen LogP contribution is 2.17.